The van der Waals surface area contributed by atoms with Crippen molar-refractivity contribution in [3.63, 3.8) is 0 Å². The molecule has 0 aliphatic heterocycles. The van der Waals surface area contributed by atoms with Crippen molar-refractivity contribution < 1.29 is 19.0 Å². The average Bonchev–Trinajstić information content (AvgIpc) is 2.67. The number of amides is 1. The van der Waals surface area contributed by atoms with E-state index < -0.39 is 0 Å². The van der Waals surface area contributed by atoms with Gasteiger partial charge in [-0.15, -0.1) is 0 Å². The van der Waals surface area contributed by atoms with E-state index in [4.69, 9.17) is 19.5 Å². The Kier molecular flexibility index (Phi) is 8.16. The van der Waals surface area contributed by atoms with Crippen molar-refractivity contribution in [1.29, 1.82) is 5.26 Å². The number of carbonyl (C=O) groups is 1. The van der Waals surface area contributed by atoms with Crippen LogP contribution in [0.5, 0.6) is 17.2 Å². The zero-order chi connectivity index (χ0) is 20.4. The van der Waals surface area contributed by atoms with Crippen LogP contribution in [-0.2, 0) is 11.2 Å². The maximum absolute atomic E-state index is 11.3. The molecule has 2 aromatic carbocycles. The summed E-state index contributed by atoms with van der Waals surface area (Å²) < 4.78 is 17.0. The van der Waals surface area contributed by atoms with Crippen LogP contribution in [0.3, 0.4) is 0 Å². The second kappa shape index (κ2) is 10.8. The number of hydrogen-bond donors (Lipinski definition) is 1. The lowest BCUT2D eigenvalue weighted by Crippen LogP contribution is -2.24. The second-order valence-electron chi connectivity index (χ2n) is 6.39. The van der Waals surface area contributed by atoms with Crippen molar-refractivity contribution in [2.45, 2.75) is 26.7 Å². The Morgan fingerprint density at radius 2 is 1.75 bits per heavy atom. The van der Waals surface area contributed by atoms with E-state index in [1.54, 1.807) is 7.11 Å². The van der Waals surface area contributed by atoms with Gasteiger partial charge in [-0.1, -0.05) is 23.8 Å². The third-order valence-electron chi connectivity index (χ3n) is 4.13. The van der Waals surface area contributed by atoms with Gasteiger partial charge in [-0.05, 0) is 49.6 Å². The minimum absolute atomic E-state index is 0.128. The first-order valence-electron chi connectivity index (χ1n) is 9.17. The molecule has 0 radical (unpaired) electrons. The zero-order valence-electron chi connectivity index (χ0n) is 16.6. The van der Waals surface area contributed by atoms with Crippen LogP contribution in [0.4, 0.5) is 0 Å². The standard InChI is InChI=1S/C22H26N2O4/c1-16-4-6-19(17(2)14-16)27-12-13-28-21-15-18(5-7-20(21)26-3)9-11-24-22(25)8-10-23/h4-7,14-15H,8-9,11-13H2,1-3H3,(H,24,25). The molecule has 0 unspecified atom stereocenters. The number of hydrogen-bond acceptors (Lipinski definition) is 5. The highest BCUT2D eigenvalue weighted by Crippen LogP contribution is 2.28. The highest BCUT2D eigenvalue weighted by Gasteiger charge is 2.07. The monoisotopic (exact) mass is 382 g/mol. The average molecular weight is 382 g/mol. The Morgan fingerprint density at radius 3 is 2.43 bits per heavy atom. The third-order valence-corrected chi connectivity index (χ3v) is 4.13. The van der Waals surface area contributed by atoms with Crippen LogP contribution < -0.4 is 19.5 Å². The minimum atomic E-state index is -0.268. The van der Waals surface area contributed by atoms with E-state index in [2.05, 4.69) is 11.4 Å². The van der Waals surface area contributed by atoms with Crippen molar-refractivity contribution >= 4 is 5.91 Å². The lowest BCUT2D eigenvalue weighted by Gasteiger charge is -2.14. The molecule has 0 spiro atoms. The van der Waals surface area contributed by atoms with Crippen LogP contribution in [0.2, 0.25) is 0 Å². The molecule has 0 aromatic heterocycles. The number of ether oxygens (including phenoxy) is 3. The molecular formula is C22H26N2O4. The second-order valence-corrected chi connectivity index (χ2v) is 6.39. The number of carbonyl (C=O) groups excluding carboxylic acids is 1. The molecule has 0 bridgehead atoms. The molecule has 2 aromatic rings. The lowest BCUT2D eigenvalue weighted by molar-refractivity contribution is -0.120. The Hall–Kier alpha value is -3.20. The summed E-state index contributed by atoms with van der Waals surface area (Å²) in [5.74, 6) is 1.86. The molecule has 0 saturated heterocycles. The SMILES string of the molecule is COc1ccc(CCNC(=O)CC#N)cc1OCCOc1ccc(C)cc1C. The number of rotatable bonds is 10. The zero-order valence-corrected chi connectivity index (χ0v) is 16.6. The Morgan fingerprint density at radius 1 is 1.04 bits per heavy atom. The topological polar surface area (TPSA) is 80.6 Å². The summed E-state index contributed by atoms with van der Waals surface area (Å²) in [5.41, 5.74) is 3.30. The van der Waals surface area contributed by atoms with E-state index in [0.717, 1.165) is 16.9 Å². The number of nitriles is 1. The van der Waals surface area contributed by atoms with E-state index in [1.807, 2.05) is 50.2 Å². The quantitative estimate of drug-likeness (QED) is 0.638. The van der Waals surface area contributed by atoms with Gasteiger partial charge in [-0.2, -0.15) is 5.26 Å². The molecule has 0 heterocycles. The van der Waals surface area contributed by atoms with Gasteiger partial charge in [0, 0.05) is 6.54 Å². The molecule has 0 aliphatic carbocycles. The van der Waals surface area contributed by atoms with Gasteiger partial charge in [0.25, 0.3) is 0 Å². The Bertz CT molecular complexity index is 843. The predicted octanol–water partition coefficient (Wildman–Crippen LogP) is 3.34. The van der Waals surface area contributed by atoms with Gasteiger partial charge in [0.1, 0.15) is 25.4 Å². The van der Waals surface area contributed by atoms with Gasteiger partial charge in [0.15, 0.2) is 11.5 Å². The van der Waals surface area contributed by atoms with E-state index in [0.29, 0.717) is 37.7 Å². The number of aryl methyl sites for hydroxylation is 2. The first-order chi connectivity index (χ1) is 13.5. The number of nitrogens with zero attached hydrogens (tertiary/aromatic N) is 1. The van der Waals surface area contributed by atoms with Crippen LogP contribution in [0.1, 0.15) is 23.1 Å². The van der Waals surface area contributed by atoms with Crippen LogP contribution in [0.15, 0.2) is 36.4 Å². The predicted molar refractivity (Wildman–Crippen MR) is 107 cm³/mol. The van der Waals surface area contributed by atoms with Gasteiger partial charge in [-0.25, -0.2) is 0 Å². The molecule has 0 saturated carbocycles. The first kappa shape index (κ1) is 21.1. The van der Waals surface area contributed by atoms with E-state index in [-0.39, 0.29) is 12.3 Å². The fraction of sp³-hybridized carbons (Fsp3) is 0.364. The summed E-state index contributed by atoms with van der Waals surface area (Å²) in [4.78, 5) is 11.3. The lowest BCUT2D eigenvalue weighted by atomic mass is 10.1. The molecule has 6 heteroatoms. The van der Waals surface area contributed by atoms with Gasteiger partial charge in [0.05, 0.1) is 13.2 Å². The Balaban J connectivity index is 1.87. The smallest absolute Gasteiger partial charge is 0.234 e. The number of benzene rings is 2. The van der Waals surface area contributed by atoms with E-state index >= 15 is 0 Å². The summed E-state index contributed by atoms with van der Waals surface area (Å²) in [6, 6.07) is 13.6. The summed E-state index contributed by atoms with van der Waals surface area (Å²) in [5, 5.41) is 11.2. The fourth-order valence-electron chi connectivity index (χ4n) is 2.73. The molecule has 0 aliphatic rings. The van der Waals surface area contributed by atoms with Gasteiger partial charge in [-0.3, -0.25) is 4.79 Å². The molecule has 6 nitrogen and oxygen atoms in total. The molecule has 0 atom stereocenters. The first-order valence-corrected chi connectivity index (χ1v) is 9.17. The van der Waals surface area contributed by atoms with Crippen LogP contribution >= 0.6 is 0 Å². The normalized spacial score (nSPS) is 10.1. The van der Waals surface area contributed by atoms with Crippen molar-refractivity contribution in [2.24, 2.45) is 0 Å². The molecule has 1 N–H and O–H groups in total. The Labute approximate surface area is 166 Å². The van der Waals surface area contributed by atoms with Crippen LogP contribution in [0, 0.1) is 25.2 Å². The summed E-state index contributed by atoms with van der Waals surface area (Å²) >= 11 is 0. The van der Waals surface area contributed by atoms with E-state index in [9.17, 15) is 4.79 Å². The molecule has 2 rings (SSSR count). The van der Waals surface area contributed by atoms with Crippen molar-refractivity contribution in [3.05, 3.63) is 53.1 Å². The highest BCUT2D eigenvalue weighted by molar-refractivity contribution is 5.77. The molecule has 0 fully saturated rings. The minimum Gasteiger partial charge on any atom is -0.493 e. The summed E-state index contributed by atoms with van der Waals surface area (Å²) in [7, 11) is 1.59. The maximum Gasteiger partial charge on any atom is 0.234 e. The highest BCUT2D eigenvalue weighted by atomic mass is 16.5. The van der Waals surface area contributed by atoms with Crippen molar-refractivity contribution in [3.8, 4) is 23.3 Å². The number of nitrogens with one attached hydrogen (secondary N) is 1. The summed E-state index contributed by atoms with van der Waals surface area (Å²) in [6.07, 6.45) is 0.508. The molecule has 1 amide bonds. The third kappa shape index (κ3) is 6.51. The fourth-order valence-corrected chi connectivity index (χ4v) is 2.73. The molecular weight excluding hydrogens is 356 g/mol. The largest absolute Gasteiger partial charge is 0.493 e. The summed E-state index contributed by atoms with van der Waals surface area (Å²) in [6.45, 7) is 5.33. The molecule has 28 heavy (non-hydrogen) atoms. The van der Waals surface area contributed by atoms with E-state index in [1.165, 1.54) is 5.56 Å². The van der Waals surface area contributed by atoms with Gasteiger partial charge in [0.2, 0.25) is 5.91 Å². The van der Waals surface area contributed by atoms with Crippen molar-refractivity contribution in [1.82, 2.24) is 5.32 Å². The van der Waals surface area contributed by atoms with Crippen LogP contribution in [-0.4, -0.2) is 32.8 Å². The number of methoxy groups -OCH3 is 1. The van der Waals surface area contributed by atoms with Gasteiger partial charge >= 0.3 is 0 Å². The van der Waals surface area contributed by atoms with Crippen LogP contribution in [0.25, 0.3) is 0 Å². The molecule has 148 valence electrons. The maximum atomic E-state index is 11.3. The van der Waals surface area contributed by atoms with Gasteiger partial charge < -0.3 is 19.5 Å². The van der Waals surface area contributed by atoms with Crippen molar-refractivity contribution in [2.75, 3.05) is 26.9 Å².